The van der Waals surface area contributed by atoms with E-state index >= 15 is 0 Å². The summed E-state index contributed by atoms with van der Waals surface area (Å²) in [4.78, 5) is 16.7. The summed E-state index contributed by atoms with van der Waals surface area (Å²) < 4.78 is 14.5. The first kappa shape index (κ1) is 18.6. The largest absolute Gasteiger partial charge is 0.326 e. The minimum Gasteiger partial charge on any atom is -0.326 e. The number of thioether (sulfide) groups is 1. The molecule has 1 heterocycles. The van der Waals surface area contributed by atoms with E-state index in [2.05, 4.69) is 10.3 Å². The fourth-order valence-electron chi connectivity index (χ4n) is 2.38. The lowest BCUT2D eigenvalue weighted by molar-refractivity contribution is -0.115. The molecular weight excluding hydrogens is 367 g/mol. The SMILES string of the molecule is Cc1ccc(NC(=O)Cc2csc(SCc3ccccc3F)n2)cc1C. The monoisotopic (exact) mass is 386 g/mol. The molecule has 0 aliphatic carbocycles. The van der Waals surface area contributed by atoms with Crippen molar-refractivity contribution in [1.29, 1.82) is 0 Å². The van der Waals surface area contributed by atoms with Gasteiger partial charge in [-0.05, 0) is 48.7 Å². The van der Waals surface area contributed by atoms with Crippen molar-refractivity contribution in [3.8, 4) is 0 Å². The Bertz CT molecular complexity index is 924. The Hall–Kier alpha value is -2.18. The molecule has 3 nitrogen and oxygen atoms in total. The lowest BCUT2D eigenvalue weighted by Gasteiger charge is -2.06. The molecule has 0 fully saturated rings. The van der Waals surface area contributed by atoms with Gasteiger partial charge in [-0.2, -0.15) is 0 Å². The molecule has 0 atom stereocenters. The molecule has 0 aliphatic heterocycles. The Morgan fingerprint density at radius 1 is 1.19 bits per heavy atom. The van der Waals surface area contributed by atoms with Gasteiger partial charge in [0.05, 0.1) is 12.1 Å². The first-order valence-corrected chi connectivity index (χ1v) is 10.1. The lowest BCUT2D eigenvalue weighted by Crippen LogP contribution is -2.14. The quantitative estimate of drug-likeness (QED) is 0.579. The van der Waals surface area contributed by atoms with Gasteiger partial charge in [0.15, 0.2) is 0 Å². The molecule has 134 valence electrons. The maximum absolute atomic E-state index is 13.6. The minimum atomic E-state index is -0.204. The van der Waals surface area contributed by atoms with Gasteiger partial charge in [-0.3, -0.25) is 4.79 Å². The number of anilines is 1. The Morgan fingerprint density at radius 3 is 2.77 bits per heavy atom. The number of halogens is 1. The van der Waals surface area contributed by atoms with Crippen LogP contribution in [0, 0.1) is 19.7 Å². The van der Waals surface area contributed by atoms with Gasteiger partial charge >= 0.3 is 0 Å². The maximum atomic E-state index is 13.6. The van der Waals surface area contributed by atoms with Crippen LogP contribution < -0.4 is 5.32 Å². The molecule has 2 aromatic carbocycles. The van der Waals surface area contributed by atoms with Crippen LogP contribution in [-0.2, 0) is 17.0 Å². The molecule has 3 aromatic rings. The summed E-state index contributed by atoms with van der Waals surface area (Å²) in [5, 5.41) is 4.78. The molecule has 1 N–H and O–H groups in total. The molecule has 6 heteroatoms. The van der Waals surface area contributed by atoms with E-state index in [9.17, 15) is 9.18 Å². The van der Waals surface area contributed by atoms with Gasteiger partial charge in [-0.25, -0.2) is 9.37 Å². The molecule has 1 amide bonds. The van der Waals surface area contributed by atoms with E-state index < -0.39 is 0 Å². The van der Waals surface area contributed by atoms with Crippen LogP contribution >= 0.6 is 23.1 Å². The van der Waals surface area contributed by atoms with Crippen LogP contribution in [-0.4, -0.2) is 10.9 Å². The van der Waals surface area contributed by atoms with E-state index in [1.165, 1.54) is 34.7 Å². The third-order valence-corrected chi connectivity index (χ3v) is 6.09. The third kappa shape index (κ3) is 4.93. The molecule has 26 heavy (non-hydrogen) atoms. The number of nitrogens with one attached hydrogen (secondary N) is 1. The second-order valence-electron chi connectivity index (χ2n) is 6.01. The predicted molar refractivity (Wildman–Crippen MR) is 106 cm³/mol. The number of aryl methyl sites for hydroxylation is 2. The number of rotatable bonds is 6. The maximum Gasteiger partial charge on any atom is 0.230 e. The van der Waals surface area contributed by atoms with Gasteiger partial charge in [0.2, 0.25) is 5.91 Å². The molecule has 1 aromatic heterocycles. The zero-order chi connectivity index (χ0) is 18.5. The van der Waals surface area contributed by atoms with Crippen molar-refractivity contribution in [3.05, 3.63) is 76.0 Å². The molecular formula is C20H19FN2OS2. The summed E-state index contributed by atoms with van der Waals surface area (Å²) in [6, 6.07) is 12.6. The summed E-state index contributed by atoms with van der Waals surface area (Å²) >= 11 is 2.96. The molecule has 0 radical (unpaired) electrons. The van der Waals surface area contributed by atoms with E-state index in [0.717, 1.165) is 21.3 Å². The van der Waals surface area contributed by atoms with Gasteiger partial charge < -0.3 is 5.32 Å². The number of aromatic nitrogens is 1. The van der Waals surface area contributed by atoms with Crippen molar-refractivity contribution in [3.63, 3.8) is 0 Å². The second-order valence-corrected chi connectivity index (χ2v) is 8.09. The summed E-state index contributed by atoms with van der Waals surface area (Å²) in [5.41, 5.74) is 4.51. The van der Waals surface area contributed by atoms with E-state index in [4.69, 9.17) is 0 Å². The number of hydrogen-bond donors (Lipinski definition) is 1. The molecule has 0 spiro atoms. The second kappa shape index (κ2) is 8.47. The Labute approximate surface area is 160 Å². The van der Waals surface area contributed by atoms with E-state index in [1.807, 2.05) is 43.5 Å². The summed E-state index contributed by atoms with van der Waals surface area (Å²) in [5.74, 6) is 0.225. The van der Waals surface area contributed by atoms with Crippen molar-refractivity contribution < 1.29 is 9.18 Å². The van der Waals surface area contributed by atoms with Gasteiger partial charge in [-0.1, -0.05) is 36.0 Å². The summed E-state index contributed by atoms with van der Waals surface area (Å²) in [7, 11) is 0. The standard InChI is InChI=1S/C20H19FN2OS2/c1-13-7-8-16(9-14(13)2)22-19(24)10-17-12-26-20(23-17)25-11-15-5-3-4-6-18(15)21/h3-9,12H,10-11H2,1-2H3,(H,22,24). The Morgan fingerprint density at radius 2 is 2.00 bits per heavy atom. The van der Waals surface area contributed by atoms with Crippen LogP contribution in [0.15, 0.2) is 52.2 Å². The number of thiazole rings is 1. The number of amides is 1. The van der Waals surface area contributed by atoms with Gasteiger partial charge in [0.1, 0.15) is 10.2 Å². The highest BCUT2D eigenvalue weighted by Crippen LogP contribution is 2.27. The first-order valence-electron chi connectivity index (χ1n) is 8.19. The normalized spacial score (nSPS) is 10.7. The van der Waals surface area contributed by atoms with E-state index in [0.29, 0.717) is 11.3 Å². The van der Waals surface area contributed by atoms with Crippen LogP contribution in [0.3, 0.4) is 0 Å². The zero-order valence-corrected chi connectivity index (χ0v) is 16.2. The fourth-order valence-corrected chi connectivity index (χ4v) is 4.21. The topological polar surface area (TPSA) is 42.0 Å². The molecule has 0 saturated carbocycles. The van der Waals surface area contributed by atoms with E-state index in [1.54, 1.807) is 12.1 Å². The fraction of sp³-hybridized carbons (Fsp3) is 0.200. The van der Waals surface area contributed by atoms with Crippen molar-refractivity contribution in [1.82, 2.24) is 4.98 Å². The Balaban J connectivity index is 1.55. The first-order chi connectivity index (χ1) is 12.5. The summed E-state index contributed by atoms with van der Waals surface area (Å²) in [6.07, 6.45) is 0.226. The highest BCUT2D eigenvalue weighted by atomic mass is 32.2. The van der Waals surface area contributed by atoms with Crippen LogP contribution in [0.25, 0.3) is 0 Å². The molecule has 0 saturated heterocycles. The number of carbonyl (C=O) groups is 1. The van der Waals surface area contributed by atoms with Gasteiger partial charge in [0.25, 0.3) is 0 Å². The minimum absolute atomic E-state index is 0.0933. The van der Waals surface area contributed by atoms with Crippen LogP contribution in [0.4, 0.5) is 10.1 Å². The van der Waals surface area contributed by atoms with Crippen LogP contribution in [0.1, 0.15) is 22.4 Å². The highest BCUT2D eigenvalue weighted by molar-refractivity contribution is 8.00. The lowest BCUT2D eigenvalue weighted by atomic mass is 10.1. The number of nitrogens with zero attached hydrogens (tertiary/aromatic N) is 1. The number of benzene rings is 2. The average Bonchev–Trinajstić information content (AvgIpc) is 3.05. The molecule has 0 unspecified atom stereocenters. The van der Waals surface area contributed by atoms with Crippen molar-refractivity contribution in [2.45, 2.75) is 30.4 Å². The predicted octanol–water partition coefficient (Wildman–Crippen LogP) is 5.37. The van der Waals surface area contributed by atoms with E-state index in [-0.39, 0.29) is 18.1 Å². The number of carbonyl (C=O) groups excluding carboxylic acids is 1. The highest BCUT2D eigenvalue weighted by Gasteiger charge is 2.10. The van der Waals surface area contributed by atoms with Crippen molar-refractivity contribution >= 4 is 34.7 Å². The smallest absolute Gasteiger partial charge is 0.230 e. The van der Waals surface area contributed by atoms with Crippen molar-refractivity contribution in [2.75, 3.05) is 5.32 Å². The van der Waals surface area contributed by atoms with Crippen molar-refractivity contribution in [2.24, 2.45) is 0 Å². The zero-order valence-electron chi connectivity index (χ0n) is 14.6. The Kier molecular flexibility index (Phi) is 6.06. The van der Waals surface area contributed by atoms with Crippen LogP contribution in [0.5, 0.6) is 0 Å². The third-order valence-electron chi connectivity index (χ3n) is 3.97. The van der Waals surface area contributed by atoms with Gasteiger partial charge in [0, 0.05) is 16.8 Å². The molecule has 0 aliphatic rings. The number of hydrogen-bond acceptors (Lipinski definition) is 4. The summed E-state index contributed by atoms with van der Waals surface area (Å²) in [6.45, 7) is 4.06. The van der Waals surface area contributed by atoms with Crippen LogP contribution in [0.2, 0.25) is 0 Å². The average molecular weight is 387 g/mol. The molecule has 0 bridgehead atoms. The molecule has 3 rings (SSSR count). The van der Waals surface area contributed by atoms with Gasteiger partial charge in [-0.15, -0.1) is 11.3 Å².